The molecule has 0 amide bonds. The molecule has 1 heterocycles. The maximum atomic E-state index is 6.20. The molecule has 0 bridgehead atoms. The van der Waals surface area contributed by atoms with Crippen LogP contribution in [0.4, 0.5) is 5.69 Å². The predicted octanol–water partition coefficient (Wildman–Crippen LogP) is 2.19. The van der Waals surface area contributed by atoms with Crippen LogP contribution in [0.25, 0.3) is 0 Å². The van der Waals surface area contributed by atoms with Crippen molar-refractivity contribution in [1.82, 2.24) is 4.90 Å². The Balaban J connectivity index is 2.08. The number of halogens is 1. The molecule has 2 N–H and O–H groups in total. The quantitative estimate of drug-likeness (QED) is 0.908. The summed E-state index contributed by atoms with van der Waals surface area (Å²) in [7, 11) is 4.31. The van der Waals surface area contributed by atoms with Crippen molar-refractivity contribution in [2.24, 2.45) is 11.7 Å². The first-order valence-electron chi connectivity index (χ1n) is 6.49. The maximum absolute atomic E-state index is 6.20. The molecular weight excluding hydrogens is 246 g/mol. The molecule has 1 atom stereocenters. The minimum absolute atomic E-state index is 0.490. The van der Waals surface area contributed by atoms with E-state index in [-0.39, 0.29) is 0 Å². The number of nitrogens with zero attached hydrogens (tertiary/aromatic N) is 2. The fourth-order valence-corrected chi connectivity index (χ4v) is 3.01. The number of hydrogen-bond acceptors (Lipinski definition) is 3. The first-order chi connectivity index (χ1) is 8.61. The van der Waals surface area contributed by atoms with Gasteiger partial charge in [0, 0.05) is 43.0 Å². The number of benzene rings is 1. The molecule has 1 aliphatic heterocycles. The second-order valence-electron chi connectivity index (χ2n) is 5.24. The van der Waals surface area contributed by atoms with Crippen molar-refractivity contribution in [3.63, 3.8) is 0 Å². The first-order valence-corrected chi connectivity index (χ1v) is 6.86. The molecule has 1 aromatic carbocycles. The molecule has 0 aliphatic carbocycles. The summed E-state index contributed by atoms with van der Waals surface area (Å²) in [6.45, 7) is 3.95. The predicted molar refractivity (Wildman–Crippen MR) is 78.2 cm³/mol. The lowest BCUT2D eigenvalue weighted by Crippen LogP contribution is -2.28. The van der Waals surface area contributed by atoms with Gasteiger partial charge in [-0.3, -0.25) is 0 Å². The monoisotopic (exact) mass is 267 g/mol. The van der Waals surface area contributed by atoms with E-state index in [1.165, 1.54) is 25.2 Å². The zero-order chi connectivity index (χ0) is 13.1. The van der Waals surface area contributed by atoms with Gasteiger partial charge in [0.25, 0.3) is 0 Å². The Kier molecular flexibility index (Phi) is 4.49. The summed E-state index contributed by atoms with van der Waals surface area (Å²) in [5.41, 5.74) is 8.02. The average Bonchev–Trinajstić information content (AvgIpc) is 2.74. The van der Waals surface area contributed by atoms with Crippen LogP contribution in [0, 0.1) is 5.92 Å². The van der Waals surface area contributed by atoms with Crippen LogP contribution in [-0.2, 0) is 6.54 Å². The van der Waals surface area contributed by atoms with Gasteiger partial charge in [0.2, 0.25) is 0 Å². The number of likely N-dealkylation sites (tertiary alicyclic amines) is 1. The van der Waals surface area contributed by atoms with Crippen LogP contribution in [0.15, 0.2) is 18.2 Å². The smallest absolute Gasteiger partial charge is 0.0471 e. The molecule has 1 saturated heterocycles. The highest BCUT2D eigenvalue weighted by Crippen LogP contribution is 2.28. The zero-order valence-electron chi connectivity index (χ0n) is 11.2. The van der Waals surface area contributed by atoms with Crippen molar-refractivity contribution in [2.45, 2.75) is 13.0 Å². The molecular formula is C14H22ClN3. The Morgan fingerprint density at radius 3 is 2.89 bits per heavy atom. The van der Waals surface area contributed by atoms with Gasteiger partial charge in [-0.05, 0) is 38.1 Å². The average molecular weight is 268 g/mol. The van der Waals surface area contributed by atoms with Gasteiger partial charge < -0.3 is 15.5 Å². The Hall–Kier alpha value is -0.770. The standard InChI is InChI=1S/C14H22ClN3/c1-17-7-6-11(9-17)10-18(2)14-5-3-4-13(15)12(14)8-16/h3-5,11H,6-10,16H2,1-2H3. The first kappa shape index (κ1) is 13.7. The molecule has 1 unspecified atom stereocenters. The van der Waals surface area contributed by atoms with Gasteiger partial charge in [0.15, 0.2) is 0 Å². The molecule has 0 radical (unpaired) electrons. The maximum Gasteiger partial charge on any atom is 0.0471 e. The third-order valence-corrected chi connectivity index (χ3v) is 4.08. The highest BCUT2D eigenvalue weighted by molar-refractivity contribution is 6.31. The molecule has 1 aromatic rings. The lowest BCUT2D eigenvalue weighted by molar-refractivity contribution is 0.396. The van der Waals surface area contributed by atoms with Crippen molar-refractivity contribution in [3.05, 3.63) is 28.8 Å². The van der Waals surface area contributed by atoms with Crippen LogP contribution in [-0.4, -0.2) is 38.6 Å². The summed E-state index contributed by atoms with van der Waals surface area (Å²) in [5.74, 6) is 0.740. The summed E-state index contributed by atoms with van der Waals surface area (Å²) in [6, 6.07) is 6.01. The SMILES string of the molecule is CN1CCC(CN(C)c2cccc(Cl)c2CN)C1. The third-order valence-electron chi connectivity index (χ3n) is 3.73. The van der Waals surface area contributed by atoms with E-state index in [4.69, 9.17) is 17.3 Å². The lowest BCUT2D eigenvalue weighted by Gasteiger charge is -2.25. The van der Waals surface area contributed by atoms with Gasteiger partial charge in [-0.15, -0.1) is 0 Å². The van der Waals surface area contributed by atoms with Crippen LogP contribution < -0.4 is 10.6 Å². The lowest BCUT2D eigenvalue weighted by atomic mass is 10.1. The molecule has 0 aromatic heterocycles. The Morgan fingerprint density at radius 2 is 2.28 bits per heavy atom. The Labute approximate surface area is 115 Å². The Morgan fingerprint density at radius 1 is 1.50 bits per heavy atom. The summed E-state index contributed by atoms with van der Waals surface area (Å²) >= 11 is 6.20. The van der Waals surface area contributed by atoms with E-state index in [2.05, 4.69) is 30.0 Å². The fraction of sp³-hybridized carbons (Fsp3) is 0.571. The molecule has 1 aliphatic rings. The molecule has 0 spiro atoms. The molecule has 2 rings (SSSR count). The van der Waals surface area contributed by atoms with Crippen molar-refractivity contribution in [3.8, 4) is 0 Å². The van der Waals surface area contributed by atoms with E-state index in [1.807, 2.05) is 12.1 Å². The molecule has 100 valence electrons. The van der Waals surface area contributed by atoms with E-state index < -0.39 is 0 Å². The molecule has 18 heavy (non-hydrogen) atoms. The second kappa shape index (κ2) is 5.91. The normalized spacial score (nSPS) is 20.3. The van der Waals surface area contributed by atoms with E-state index in [9.17, 15) is 0 Å². The summed E-state index contributed by atoms with van der Waals surface area (Å²) in [5, 5.41) is 0.769. The minimum Gasteiger partial charge on any atom is -0.374 e. The Bertz CT molecular complexity index is 408. The molecule has 4 heteroatoms. The summed E-state index contributed by atoms with van der Waals surface area (Å²) in [6.07, 6.45) is 1.28. The number of rotatable bonds is 4. The van der Waals surface area contributed by atoms with Gasteiger partial charge in [-0.25, -0.2) is 0 Å². The van der Waals surface area contributed by atoms with Gasteiger partial charge >= 0.3 is 0 Å². The number of hydrogen-bond donors (Lipinski definition) is 1. The van der Waals surface area contributed by atoms with E-state index in [1.54, 1.807) is 0 Å². The van der Waals surface area contributed by atoms with Gasteiger partial charge in [0.1, 0.15) is 0 Å². The third kappa shape index (κ3) is 2.97. The van der Waals surface area contributed by atoms with Crippen LogP contribution >= 0.6 is 11.6 Å². The number of nitrogens with two attached hydrogens (primary N) is 1. The molecule has 3 nitrogen and oxygen atoms in total. The second-order valence-corrected chi connectivity index (χ2v) is 5.65. The van der Waals surface area contributed by atoms with E-state index in [0.29, 0.717) is 6.54 Å². The van der Waals surface area contributed by atoms with Crippen LogP contribution in [0.3, 0.4) is 0 Å². The van der Waals surface area contributed by atoms with Crippen molar-refractivity contribution in [1.29, 1.82) is 0 Å². The summed E-state index contributed by atoms with van der Waals surface area (Å²) < 4.78 is 0. The minimum atomic E-state index is 0.490. The highest BCUT2D eigenvalue weighted by atomic mass is 35.5. The van der Waals surface area contributed by atoms with Gasteiger partial charge in [-0.1, -0.05) is 17.7 Å². The van der Waals surface area contributed by atoms with Gasteiger partial charge in [-0.2, -0.15) is 0 Å². The highest BCUT2D eigenvalue weighted by Gasteiger charge is 2.21. The van der Waals surface area contributed by atoms with Crippen LogP contribution in [0.5, 0.6) is 0 Å². The van der Waals surface area contributed by atoms with Gasteiger partial charge in [0.05, 0.1) is 0 Å². The van der Waals surface area contributed by atoms with Crippen LogP contribution in [0.2, 0.25) is 5.02 Å². The van der Waals surface area contributed by atoms with Crippen molar-refractivity contribution in [2.75, 3.05) is 38.6 Å². The number of anilines is 1. The fourth-order valence-electron chi connectivity index (χ4n) is 2.77. The van der Waals surface area contributed by atoms with Crippen molar-refractivity contribution < 1.29 is 0 Å². The van der Waals surface area contributed by atoms with Crippen molar-refractivity contribution >= 4 is 17.3 Å². The topological polar surface area (TPSA) is 32.5 Å². The van der Waals surface area contributed by atoms with Crippen LogP contribution in [0.1, 0.15) is 12.0 Å². The van der Waals surface area contributed by atoms with E-state index in [0.717, 1.165) is 23.0 Å². The zero-order valence-corrected chi connectivity index (χ0v) is 12.0. The summed E-state index contributed by atoms with van der Waals surface area (Å²) in [4.78, 5) is 4.68. The molecule has 1 fully saturated rings. The largest absolute Gasteiger partial charge is 0.374 e. The van der Waals surface area contributed by atoms with E-state index >= 15 is 0 Å². The molecule has 0 saturated carbocycles.